The van der Waals surface area contributed by atoms with Gasteiger partial charge in [-0.3, -0.25) is 19.3 Å². The highest BCUT2D eigenvalue weighted by molar-refractivity contribution is 6.30. The zero-order chi connectivity index (χ0) is 19.0. The van der Waals surface area contributed by atoms with Gasteiger partial charge in [0.15, 0.2) is 0 Å². The summed E-state index contributed by atoms with van der Waals surface area (Å²) in [5.41, 5.74) is 1.57. The summed E-state index contributed by atoms with van der Waals surface area (Å²) in [5.74, 6) is -1.13. The van der Waals surface area contributed by atoms with Gasteiger partial charge < -0.3 is 5.32 Å². The van der Waals surface area contributed by atoms with Gasteiger partial charge in [0.05, 0.1) is 17.5 Å². The van der Waals surface area contributed by atoms with Crippen LogP contribution in [-0.2, 0) is 9.59 Å². The van der Waals surface area contributed by atoms with E-state index in [-0.39, 0.29) is 29.6 Å². The molecule has 1 N–H and O–H groups in total. The molecule has 4 rings (SSSR count). The lowest BCUT2D eigenvalue weighted by Gasteiger charge is -2.15. The largest absolute Gasteiger partial charge is 0.322 e. The van der Waals surface area contributed by atoms with Crippen LogP contribution < -0.4 is 10.2 Å². The molecule has 0 aromatic heterocycles. The highest BCUT2D eigenvalue weighted by atomic mass is 35.5. The van der Waals surface area contributed by atoms with Crippen molar-refractivity contribution >= 4 is 40.7 Å². The number of hydrogen-bond acceptors (Lipinski definition) is 3. The van der Waals surface area contributed by atoms with Gasteiger partial charge in [-0.25, -0.2) is 0 Å². The second-order valence-electron chi connectivity index (χ2n) is 6.68. The maximum atomic E-state index is 12.6. The molecule has 2 aliphatic rings. The summed E-state index contributed by atoms with van der Waals surface area (Å²) >= 11 is 5.84. The van der Waals surface area contributed by atoms with Gasteiger partial charge in [-0.2, -0.15) is 0 Å². The van der Waals surface area contributed by atoms with Crippen molar-refractivity contribution in [3.63, 3.8) is 0 Å². The summed E-state index contributed by atoms with van der Waals surface area (Å²) in [7, 11) is 0. The number of nitrogens with zero attached hydrogens (tertiary/aromatic N) is 1. The van der Waals surface area contributed by atoms with Crippen LogP contribution in [0.4, 0.5) is 11.4 Å². The molecule has 2 atom stereocenters. The van der Waals surface area contributed by atoms with E-state index < -0.39 is 0 Å². The third-order valence-corrected chi connectivity index (χ3v) is 5.25. The fourth-order valence-electron chi connectivity index (χ4n) is 3.55. The molecular formula is C21H17ClN2O3. The van der Waals surface area contributed by atoms with Crippen LogP contribution in [0.3, 0.4) is 0 Å². The first-order valence-electron chi connectivity index (χ1n) is 8.74. The zero-order valence-electron chi connectivity index (χ0n) is 14.4. The van der Waals surface area contributed by atoms with Crippen LogP contribution >= 0.6 is 11.6 Å². The molecule has 2 unspecified atom stereocenters. The number of imide groups is 1. The fourth-order valence-corrected chi connectivity index (χ4v) is 3.68. The monoisotopic (exact) mass is 380 g/mol. The number of hydrogen-bond donors (Lipinski definition) is 1. The molecule has 136 valence electrons. The molecule has 2 aromatic rings. The molecule has 6 heteroatoms. The molecule has 3 amide bonds. The normalized spacial score (nSPS) is 21.3. The summed E-state index contributed by atoms with van der Waals surface area (Å²) in [4.78, 5) is 38.9. The van der Waals surface area contributed by atoms with E-state index in [1.165, 1.54) is 4.90 Å². The van der Waals surface area contributed by atoms with Crippen LogP contribution in [-0.4, -0.2) is 17.7 Å². The Bertz CT molecular complexity index is 909. The first-order valence-corrected chi connectivity index (χ1v) is 9.12. The van der Waals surface area contributed by atoms with Crippen molar-refractivity contribution in [1.29, 1.82) is 0 Å². The minimum absolute atomic E-state index is 0.160. The Morgan fingerprint density at radius 3 is 2.00 bits per heavy atom. The van der Waals surface area contributed by atoms with Gasteiger partial charge in [0.2, 0.25) is 11.8 Å². The van der Waals surface area contributed by atoms with E-state index in [9.17, 15) is 14.4 Å². The van der Waals surface area contributed by atoms with Crippen molar-refractivity contribution in [1.82, 2.24) is 0 Å². The van der Waals surface area contributed by atoms with Gasteiger partial charge in [-0.05, 0) is 61.4 Å². The molecule has 1 aliphatic carbocycles. The van der Waals surface area contributed by atoms with Crippen LogP contribution in [0.2, 0.25) is 5.02 Å². The predicted molar refractivity (Wildman–Crippen MR) is 104 cm³/mol. The number of halogens is 1. The number of carbonyl (C=O) groups excluding carboxylic acids is 3. The lowest BCUT2D eigenvalue weighted by molar-refractivity contribution is -0.122. The van der Waals surface area contributed by atoms with Gasteiger partial charge in [-0.1, -0.05) is 23.8 Å². The second kappa shape index (κ2) is 7.00. The molecule has 1 fully saturated rings. The predicted octanol–water partition coefficient (Wildman–Crippen LogP) is 4.05. The molecule has 27 heavy (non-hydrogen) atoms. The van der Waals surface area contributed by atoms with Crippen LogP contribution in [0.25, 0.3) is 0 Å². The first-order chi connectivity index (χ1) is 13.0. The van der Waals surface area contributed by atoms with Crippen LogP contribution in [0, 0.1) is 11.8 Å². The van der Waals surface area contributed by atoms with E-state index in [4.69, 9.17) is 11.6 Å². The highest BCUT2D eigenvalue weighted by Gasteiger charge is 2.47. The second-order valence-corrected chi connectivity index (χ2v) is 7.11. The maximum Gasteiger partial charge on any atom is 0.255 e. The lowest BCUT2D eigenvalue weighted by atomic mass is 9.85. The minimum atomic E-state index is -0.277. The Morgan fingerprint density at radius 1 is 0.889 bits per heavy atom. The molecule has 1 heterocycles. The summed E-state index contributed by atoms with van der Waals surface area (Å²) < 4.78 is 0. The molecule has 2 aromatic carbocycles. The Labute approximate surface area is 161 Å². The smallest absolute Gasteiger partial charge is 0.255 e. The summed E-state index contributed by atoms with van der Waals surface area (Å²) in [6.07, 6.45) is 5.13. The van der Waals surface area contributed by atoms with E-state index in [1.54, 1.807) is 48.5 Å². The SMILES string of the molecule is O=C(Nc1ccc(Cl)cc1)c1ccc(N2C(=O)C3CC=CCC3C2=O)cc1. The molecule has 5 nitrogen and oxygen atoms in total. The molecule has 1 aliphatic heterocycles. The third kappa shape index (κ3) is 3.26. The number of benzene rings is 2. The number of allylic oxidation sites excluding steroid dienone is 2. The van der Waals surface area contributed by atoms with Gasteiger partial charge in [0.25, 0.3) is 5.91 Å². The van der Waals surface area contributed by atoms with E-state index in [0.29, 0.717) is 34.8 Å². The van der Waals surface area contributed by atoms with E-state index in [0.717, 1.165) is 0 Å². The van der Waals surface area contributed by atoms with Crippen molar-refractivity contribution in [2.24, 2.45) is 11.8 Å². The number of rotatable bonds is 3. The van der Waals surface area contributed by atoms with Crippen LogP contribution in [0.15, 0.2) is 60.7 Å². The lowest BCUT2D eigenvalue weighted by Crippen LogP contribution is -2.30. The van der Waals surface area contributed by atoms with Gasteiger partial charge in [0, 0.05) is 16.3 Å². The Balaban J connectivity index is 1.50. The molecule has 0 radical (unpaired) electrons. The van der Waals surface area contributed by atoms with Crippen LogP contribution in [0.5, 0.6) is 0 Å². The Hall–Kier alpha value is -2.92. The third-order valence-electron chi connectivity index (χ3n) is 5.00. The molecular weight excluding hydrogens is 364 g/mol. The Morgan fingerprint density at radius 2 is 1.44 bits per heavy atom. The molecule has 0 spiro atoms. The number of fused-ring (bicyclic) bond motifs is 1. The van der Waals surface area contributed by atoms with Crippen LogP contribution in [0.1, 0.15) is 23.2 Å². The highest BCUT2D eigenvalue weighted by Crippen LogP contribution is 2.37. The van der Waals surface area contributed by atoms with Gasteiger partial charge >= 0.3 is 0 Å². The standard InChI is InChI=1S/C21H17ClN2O3/c22-14-7-9-15(10-8-14)23-19(25)13-5-11-16(12-6-13)24-20(26)17-3-1-2-4-18(17)21(24)27/h1-2,5-12,17-18H,3-4H2,(H,23,25). The summed E-state index contributed by atoms with van der Waals surface area (Å²) in [6.45, 7) is 0. The number of anilines is 2. The van der Waals surface area contributed by atoms with Crippen molar-refractivity contribution in [3.05, 3.63) is 71.3 Å². The van der Waals surface area contributed by atoms with E-state index in [2.05, 4.69) is 5.32 Å². The van der Waals surface area contributed by atoms with Gasteiger partial charge in [0.1, 0.15) is 0 Å². The van der Waals surface area contributed by atoms with Crippen molar-refractivity contribution < 1.29 is 14.4 Å². The number of amides is 3. The maximum absolute atomic E-state index is 12.6. The van der Waals surface area contributed by atoms with Crippen molar-refractivity contribution in [3.8, 4) is 0 Å². The summed E-state index contributed by atoms with van der Waals surface area (Å²) in [5, 5.41) is 3.37. The molecule has 1 saturated heterocycles. The van der Waals surface area contributed by atoms with Crippen molar-refractivity contribution in [2.45, 2.75) is 12.8 Å². The zero-order valence-corrected chi connectivity index (χ0v) is 15.1. The summed E-state index contributed by atoms with van der Waals surface area (Å²) in [6, 6.07) is 13.3. The average molecular weight is 381 g/mol. The molecule has 0 saturated carbocycles. The number of carbonyl (C=O) groups is 3. The first kappa shape index (κ1) is 17.5. The minimum Gasteiger partial charge on any atom is -0.322 e. The van der Waals surface area contributed by atoms with E-state index in [1.807, 2.05) is 12.2 Å². The molecule has 0 bridgehead atoms. The topological polar surface area (TPSA) is 66.5 Å². The number of nitrogens with one attached hydrogen (secondary N) is 1. The Kier molecular flexibility index (Phi) is 4.54. The quantitative estimate of drug-likeness (QED) is 0.645. The fraction of sp³-hybridized carbons (Fsp3) is 0.190. The van der Waals surface area contributed by atoms with Gasteiger partial charge in [-0.15, -0.1) is 0 Å². The van der Waals surface area contributed by atoms with E-state index >= 15 is 0 Å². The van der Waals surface area contributed by atoms with Crippen molar-refractivity contribution in [2.75, 3.05) is 10.2 Å². The average Bonchev–Trinajstić information content (AvgIpc) is 2.95.